The number of halogens is 1. The smallest absolute Gasteiger partial charge is 0.277 e. The van der Waals surface area contributed by atoms with Crippen LogP contribution in [0, 0.1) is 0 Å². The summed E-state index contributed by atoms with van der Waals surface area (Å²) in [6.07, 6.45) is -0.953. The second-order valence-corrected chi connectivity index (χ2v) is 7.42. The second-order valence-electron chi connectivity index (χ2n) is 7.01. The van der Waals surface area contributed by atoms with E-state index in [-0.39, 0.29) is 25.0 Å². The Morgan fingerprint density at radius 2 is 1.94 bits per heavy atom. The highest BCUT2D eigenvalue weighted by Gasteiger charge is 2.15. The molecule has 0 aliphatic carbocycles. The lowest BCUT2D eigenvalue weighted by Crippen LogP contribution is -2.21. The lowest BCUT2D eigenvalue weighted by molar-refractivity contribution is 0.0536. The number of nitrogens with one attached hydrogen (secondary N) is 1. The van der Waals surface area contributed by atoms with Gasteiger partial charge < -0.3 is 29.5 Å². The Balaban J connectivity index is 1.63. The van der Waals surface area contributed by atoms with E-state index >= 15 is 0 Å². The molecule has 0 fully saturated rings. The number of hydrogen-bond acceptors (Lipinski definition) is 7. The fraction of sp³-hybridized carbons (Fsp3) is 0.273. The van der Waals surface area contributed by atoms with Crippen LogP contribution in [0.15, 0.2) is 53.1 Å². The molecule has 1 amide bonds. The zero-order chi connectivity index (χ0) is 22.4. The number of ether oxygens (including phenoxy) is 2. The SMILES string of the molecule is CC(C)Oc1ccc(-c2cc(C(=O)Nc3ccc(OC[C@H](O)CO)cc3)no2)cc1Cl. The van der Waals surface area contributed by atoms with Crippen molar-refractivity contribution in [1.29, 1.82) is 0 Å². The first-order valence-corrected chi connectivity index (χ1v) is 10.00. The average Bonchev–Trinajstić information content (AvgIpc) is 3.24. The van der Waals surface area contributed by atoms with Gasteiger partial charge in [-0.2, -0.15) is 0 Å². The van der Waals surface area contributed by atoms with Gasteiger partial charge in [0.25, 0.3) is 5.91 Å². The van der Waals surface area contributed by atoms with Crippen LogP contribution in [0.2, 0.25) is 5.02 Å². The van der Waals surface area contributed by atoms with Gasteiger partial charge in [-0.3, -0.25) is 4.79 Å². The molecule has 0 spiro atoms. The highest BCUT2D eigenvalue weighted by atomic mass is 35.5. The van der Waals surface area contributed by atoms with E-state index in [1.54, 1.807) is 42.5 Å². The van der Waals surface area contributed by atoms with Gasteiger partial charge in [-0.05, 0) is 56.3 Å². The van der Waals surface area contributed by atoms with Gasteiger partial charge in [0.2, 0.25) is 0 Å². The standard InChI is InChI=1S/C22H23ClN2O6/c1-13(2)30-20-8-3-14(9-18(20)23)21-10-19(25-31-21)22(28)24-15-4-6-17(7-5-15)29-12-16(27)11-26/h3-10,13,16,26-27H,11-12H2,1-2H3,(H,24,28)/t16-/m1/s1. The summed E-state index contributed by atoms with van der Waals surface area (Å²) >= 11 is 6.26. The third-order valence-corrected chi connectivity index (χ3v) is 4.38. The van der Waals surface area contributed by atoms with Crippen LogP contribution >= 0.6 is 11.6 Å². The molecule has 31 heavy (non-hydrogen) atoms. The molecule has 2 aromatic carbocycles. The quantitative estimate of drug-likeness (QED) is 0.458. The number of carbonyl (C=O) groups excluding carboxylic acids is 1. The van der Waals surface area contributed by atoms with Crippen molar-refractivity contribution in [1.82, 2.24) is 5.16 Å². The molecule has 9 heteroatoms. The molecule has 3 N–H and O–H groups in total. The molecule has 0 saturated heterocycles. The molecule has 164 valence electrons. The molecule has 0 aliphatic heterocycles. The lowest BCUT2D eigenvalue weighted by Gasteiger charge is -2.11. The molecule has 0 aliphatic rings. The van der Waals surface area contributed by atoms with Crippen LogP contribution in [0.25, 0.3) is 11.3 Å². The number of amides is 1. The Bertz CT molecular complexity index is 1020. The normalized spacial score (nSPS) is 11.9. The van der Waals surface area contributed by atoms with E-state index in [9.17, 15) is 9.90 Å². The topological polar surface area (TPSA) is 114 Å². The molecule has 0 unspecified atom stereocenters. The van der Waals surface area contributed by atoms with Gasteiger partial charge in [-0.25, -0.2) is 0 Å². The molecule has 1 heterocycles. The maximum atomic E-state index is 12.5. The molecule has 3 aromatic rings. The van der Waals surface area contributed by atoms with Crippen molar-refractivity contribution in [2.45, 2.75) is 26.1 Å². The van der Waals surface area contributed by atoms with Crippen molar-refractivity contribution >= 4 is 23.2 Å². The first-order chi connectivity index (χ1) is 14.9. The maximum absolute atomic E-state index is 12.5. The Morgan fingerprint density at radius 1 is 1.19 bits per heavy atom. The van der Waals surface area contributed by atoms with Crippen LogP contribution in [0.3, 0.4) is 0 Å². The predicted octanol–water partition coefficient (Wildman–Crippen LogP) is 3.77. The summed E-state index contributed by atoms with van der Waals surface area (Å²) in [5, 5.41) is 25.1. The molecule has 0 radical (unpaired) electrons. The Kier molecular flexibility index (Phi) is 7.51. The number of rotatable bonds is 9. The number of anilines is 1. The number of carbonyl (C=O) groups is 1. The Labute approximate surface area is 184 Å². The van der Waals surface area contributed by atoms with Crippen molar-refractivity contribution in [3.8, 4) is 22.8 Å². The highest BCUT2D eigenvalue weighted by molar-refractivity contribution is 6.32. The van der Waals surface area contributed by atoms with E-state index < -0.39 is 12.0 Å². The van der Waals surface area contributed by atoms with Gasteiger partial charge >= 0.3 is 0 Å². The number of benzene rings is 2. The van der Waals surface area contributed by atoms with Crippen molar-refractivity contribution in [3.05, 3.63) is 59.2 Å². The van der Waals surface area contributed by atoms with Crippen LogP contribution in [0.4, 0.5) is 5.69 Å². The van der Waals surface area contributed by atoms with Gasteiger partial charge in [0.1, 0.15) is 24.2 Å². The summed E-state index contributed by atoms with van der Waals surface area (Å²) in [6, 6.07) is 13.3. The monoisotopic (exact) mass is 446 g/mol. The minimum Gasteiger partial charge on any atom is -0.491 e. The van der Waals surface area contributed by atoms with Gasteiger partial charge in [0.05, 0.1) is 17.7 Å². The average molecular weight is 447 g/mol. The Hall–Kier alpha value is -3.07. The van der Waals surface area contributed by atoms with E-state index in [1.165, 1.54) is 6.07 Å². The first-order valence-electron chi connectivity index (χ1n) is 9.62. The van der Waals surface area contributed by atoms with Gasteiger partial charge in [-0.15, -0.1) is 0 Å². The summed E-state index contributed by atoms with van der Waals surface area (Å²) in [4.78, 5) is 12.5. The van der Waals surface area contributed by atoms with Gasteiger partial charge in [0.15, 0.2) is 11.5 Å². The van der Waals surface area contributed by atoms with E-state index in [0.29, 0.717) is 33.5 Å². The van der Waals surface area contributed by atoms with Crippen molar-refractivity contribution < 1.29 is 29.0 Å². The molecule has 0 saturated carbocycles. The molecular weight excluding hydrogens is 424 g/mol. The van der Waals surface area contributed by atoms with E-state index in [0.717, 1.165) is 0 Å². The predicted molar refractivity (Wildman–Crippen MR) is 116 cm³/mol. The largest absolute Gasteiger partial charge is 0.491 e. The molecule has 1 atom stereocenters. The summed E-state index contributed by atoms with van der Waals surface area (Å²) in [7, 11) is 0. The number of aliphatic hydroxyl groups is 2. The van der Waals surface area contributed by atoms with Gasteiger partial charge in [0, 0.05) is 17.3 Å². The summed E-state index contributed by atoms with van der Waals surface area (Å²) in [6.45, 7) is 3.41. The molecule has 3 rings (SSSR count). The van der Waals surface area contributed by atoms with E-state index in [4.69, 9.17) is 30.7 Å². The highest BCUT2D eigenvalue weighted by Crippen LogP contribution is 2.31. The van der Waals surface area contributed by atoms with Gasteiger partial charge in [-0.1, -0.05) is 16.8 Å². The number of aromatic nitrogens is 1. The number of aliphatic hydroxyl groups excluding tert-OH is 2. The van der Waals surface area contributed by atoms with E-state index in [1.807, 2.05) is 13.8 Å². The fourth-order valence-electron chi connectivity index (χ4n) is 2.60. The third kappa shape index (κ3) is 6.21. The minimum absolute atomic E-state index is 0.00306. The lowest BCUT2D eigenvalue weighted by atomic mass is 10.1. The number of nitrogens with zero attached hydrogens (tertiary/aromatic N) is 1. The van der Waals surface area contributed by atoms with Crippen LogP contribution < -0.4 is 14.8 Å². The second kappa shape index (κ2) is 10.3. The fourth-order valence-corrected chi connectivity index (χ4v) is 2.82. The molecular formula is C22H23ClN2O6. The number of hydrogen-bond donors (Lipinski definition) is 3. The summed E-state index contributed by atoms with van der Waals surface area (Å²) < 4.78 is 16.2. The maximum Gasteiger partial charge on any atom is 0.277 e. The van der Waals surface area contributed by atoms with Crippen LogP contribution in [-0.2, 0) is 0 Å². The minimum atomic E-state index is -0.949. The molecule has 1 aromatic heterocycles. The van der Waals surface area contributed by atoms with Crippen molar-refractivity contribution in [2.24, 2.45) is 0 Å². The Morgan fingerprint density at radius 3 is 2.58 bits per heavy atom. The van der Waals surface area contributed by atoms with Crippen LogP contribution in [0.5, 0.6) is 11.5 Å². The summed E-state index contributed by atoms with van der Waals surface area (Å²) in [5.74, 6) is 1.02. The zero-order valence-electron chi connectivity index (χ0n) is 17.0. The van der Waals surface area contributed by atoms with E-state index in [2.05, 4.69) is 10.5 Å². The van der Waals surface area contributed by atoms with Crippen LogP contribution in [-0.4, -0.2) is 46.7 Å². The third-order valence-electron chi connectivity index (χ3n) is 4.09. The summed E-state index contributed by atoms with van der Waals surface area (Å²) in [5.41, 5.74) is 1.31. The van der Waals surface area contributed by atoms with Crippen molar-refractivity contribution in [3.63, 3.8) is 0 Å². The van der Waals surface area contributed by atoms with Crippen molar-refractivity contribution in [2.75, 3.05) is 18.5 Å². The molecule has 0 bridgehead atoms. The first kappa shape index (κ1) is 22.6. The molecule has 8 nitrogen and oxygen atoms in total. The zero-order valence-corrected chi connectivity index (χ0v) is 17.8. The van der Waals surface area contributed by atoms with Crippen LogP contribution in [0.1, 0.15) is 24.3 Å².